The molecule has 3 heterocycles. The van der Waals surface area contributed by atoms with Crippen LogP contribution in [-0.4, -0.2) is 27.0 Å². The zero-order valence-electron chi connectivity index (χ0n) is 18.6. The lowest BCUT2D eigenvalue weighted by Gasteiger charge is -2.37. The van der Waals surface area contributed by atoms with E-state index in [-0.39, 0.29) is 11.5 Å². The molecule has 2 aromatic heterocycles. The number of hydrogen-bond donors (Lipinski definition) is 1. The molecule has 0 spiro atoms. The molecule has 29 heavy (non-hydrogen) atoms. The van der Waals surface area contributed by atoms with E-state index in [2.05, 4.69) is 28.5 Å². The first-order chi connectivity index (χ1) is 13.4. The Labute approximate surface area is 175 Å². The van der Waals surface area contributed by atoms with Crippen LogP contribution >= 0.6 is 0 Å². The number of nitrogens with zero attached hydrogens (tertiary/aromatic N) is 2. The van der Waals surface area contributed by atoms with Gasteiger partial charge in [-0.2, -0.15) is 0 Å². The number of nitrogens with one attached hydrogen (secondary N) is 1. The molecular weight excluding hydrogens is 386 g/mol. The molecule has 160 valence electrons. The van der Waals surface area contributed by atoms with Crippen LogP contribution < -0.4 is 15.1 Å². The molecule has 1 unspecified atom stereocenters. The van der Waals surface area contributed by atoms with E-state index in [9.17, 15) is 9.00 Å². The maximum absolute atomic E-state index is 12.9. The molecule has 0 saturated carbocycles. The van der Waals surface area contributed by atoms with E-state index in [0.717, 1.165) is 31.6 Å². The summed E-state index contributed by atoms with van der Waals surface area (Å²) in [4.78, 5) is 19.7. The highest BCUT2D eigenvalue weighted by Gasteiger charge is 2.28. The number of hydrogen-bond acceptors (Lipinski definition) is 5. The molecule has 2 atom stereocenters. The van der Waals surface area contributed by atoms with Crippen molar-refractivity contribution in [3.8, 4) is 0 Å². The fourth-order valence-corrected chi connectivity index (χ4v) is 4.26. The predicted molar refractivity (Wildman–Crippen MR) is 120 cm³/mol. The van der Waals surface area contributed by atoms with Crippen LogP contribution in [0.1, 0.15) is 71.8 Å². The molecule has 1 N–H and O–H groups in total. The highest BCUT2D eigenvalue weighted by molar-refractivity contribution is 7.84. The Bertz CT molecular complexity index is 981. The smallest absolute Gasteiger partial charge is 0.200 e. The van der Waals surface area contributed by atoms with Crippen molar-refractivity contribution >= 4 is 27.8 Å². The molecule has 1 aliphatic rings. The van der Waals surface area contributed by atoms with E-state index in [1.807, 2.05) is 34.6 Å². The Morgan fingerprint density at radius 1 is 1.24 bits per heavy atom. The van der Waals surface area contributed by atoms with Crippen LogP contribution in [-0.2, 0) is 11.0 Å². The Hall–Kier alpha value is -1.73. The molecule has 0 aliphatic carbocycles. The number of fused-ring (bicyclic) bond motifs is 1. The molecule has 0 aromatic carbocycles. The van der Waals surface area contributed by atoms with Gasteiger partial charge in [0, 0.05) is 24.8 Å². The lowest BCUT2D eigenvalue weighted by molar-refractivity contribution is 0.274. The Morgan fingerprint density at radius 2 is 1.86 bits per heavy atom. The Kier molecular flexibility index (Phi) is 5.94. The third kappa shape index (κ3) is 4.89. The first-order valence-corrected chi connectivity index (χ1v) is 11.4. The van der Waals surface area contributed by atoms with Crippen LogP contribution in [0, 0.1) is 12.3 Å². The maximum Gasteiger partial charge on any atom is 0.200 e. The highest BCUT2D eigenvalue weighted by Crippen LogP contribution is 2.33. The number of rotatable bonds is 4. The summed E-state index contributed by atoms with van der Waals surface area (Å²) in [7, 11) is -1.26. The molecular formula is C22H33N3O3S. The molecule has 3 rings (SSSR count). The summed E-state index contributed by atoms with van der Waals surface area (Å²) in [6, 6.07) is 3.03. The highest BCUT2D eigenvalue weighted by atomic mass is 32.2. The monoisotopic (exact) mass is 419 g/mol. The van der Waals surface area contributed by atoms with Gasteiger partial charge in [0.2, 0.25) is 0 Å². The largest absolute Gasteiger partial charge is 0.438 e. The quantitative estimate of drug-likeness (QED) is 0.802. The predicted octanol–water partition coefficient (Wildman–Crippen LogP) is 4.24. The fourth-order valence-electron chi connectivity index (χ4n) is 3.47. The van der Waals surface area contributed by atoms with Crippen LogP contribution in [0.4, 0.5) is 5.88 Å². The topological polar surface area (TPSA) is 75.4 Å². The number of pyridine rings is 1. The maximum atomic E-state index is 12.9. The Morgan fingerprint density at radius 3 is 2.45 bits per heavy atom. The van der Waals surface area contributed by atoms with Gasteiger partial charge in [-0.1, -0.05) is 13.8 Å². The molecule has 1 fully saturated rings. The van der Waals surface area contributed by atoms with Crippen molar-refractivity contribution in [1.29, 1.82) is 0 Å². The summed E-state index contributed by atoms with van der Waals surface area (Å²) >= 11 is 0. The van der Waals surface area contributed by atoms with E-state index >= 15 is 0 Å². The molecule has 0 bridgehead atoms. The Balaban J connectivity index is 2.03. The third-order valence-corrected chi connectivity index (χ3v) is 7.21. The molecule has 1 saturated heterocycles. The molecule has 2 aromatic rings. The third-order valence-electron chi connectivity index (χ3n) is 5.53. The molecule has 1 aliphatic heterocycles. The van der Waals surface area contributed by atoms with Crippen molar-refractivity contribution in [1.82, 2.24) is 9.71 Å². The van der Waals surface area contributed by atoms with Gasteiger partial charge >= 0.3 is 0 Å². The second kappa shape index (κ2) is 7.84. The average molecular weight is 420 g/mol. The summed E-state index contributed by atoms with van der Waals surface area (Å²) in [5.41, 5.74) is 2.08. The van der Waals surface area contributed by atoms with E-state index in [0.29, 0.717) is 28.0 Å². The van der Waals surface area contributed by atoms with Crippen LogP contribution in [0.5, 0.6) is 0 Å². The second-order valence-electron chi connectivity index (χ2n) is 9.85. The first-order valence-electron chi connectivity index (χ1n) is 10.3. The zero-order chi connectivity index (χ0) is 21.6. The standard InChI is InChI=1S/C22H33N3O3S/c1-14-12-16-17(26)13-18(25-10-8-22(6,7)9-11-25)28-20(16)19(23-14)15(2)24-29(27)21(3,4)5/h12-13,15,24H,8-11H2,1-7H3/t15-,29?/m1/s1. The second-order valence-corrected chi connectivity index (χ2v) is 11.8. The van der Waals surface area contributed by atoms with E-state index in [1.165, 1.54) is 0 Å². The van der Waals surface area contributed by atoms with E-state index in [4.69, 9.17) is 4.42 Å². The fraction of sp³-hybridized carbons (Fsp3) is 0.636. The summed E-state index contributed by atoms with van der Waals surface area (Å²) in [5, 5.41) is 0.517. The average Bonchev–Trinajstić information content (AvgIpc) is 2.60. The van der Waals surface area contributed by atoms with Gasteiger partial charge in [-0.3, -0.25) is 9.78 Å². The zero-order valence-corrected chi connectivity index (χ0v) is 19.4. The minimum atomic E-state index is -1.26. The molecule has 0 radical (unpaired) electrons. The van der Waals surface area contributed by atoms with Crippen molar-refractivity contribution in [2.75, 3.05) is 18.0 Å². The van der Waals surface area contributed by atoms with Gasteiger partial charge in [-0.05, 0) is 58.9 Å². The lowest BCUT2D eigenvalue weighted by atomic mass is 9.83. The number of aryl methyl sites for hydroxylation is 1. The summed E-state index contributed by atoms with van der Waals surface area (Å²) in [6.45, 7) is 15.8. The van der Waals surface area contributed by atoms with E-state index < -0.39 is 15.7 Å². The van der Waals surface area contributed by atoms with Gasteiger partial charge in [-0.15, -0.1) is 0 Å². The molecule has 6 nitrogen and oxygen atoms in total. The van der Waals surface area contributed by atoms with Crippen molar-refractivity contribution in [3.05, 3.63) is 33.7 Å². The molecule has 0 amide bonds. The van der Waals surface area contributed by atoms with Gasteiger partial charge in [-0.25, -0.2) is 8.93 Å². The lowest BCUT2D eigenvalue weighted by Crippen LogP contribution is -2.37. The number of aromatic nitrogens is 1. The van der Waals surface area contributed by atoms with Gasteiger partial charge in [0.05, 0.1) is 27.2 Å². The minimum absolute atomic E-state index is 0.0676. The molecule has 7 heteroatoms. The van der Waals surface area contributed by atoms with Crippen LogP contribution in [0.25, 0.3) is 11.0 Å². The summed E-state index contributed by atoms with van der Waals surface area (Å²) in [6.07, 6.45) is 2.10. The SMILES string of the molecule is Cc1cc2c(=O)cc(N3CCC(C)(C)CC3)oc2c([C@@H](C)NS(=O)C(C)(C)C)n1. The first kappa shape index (κ1) is 22.0. The normalized spacial score (nSPS) is 19.3. The number of anilines is 1. The van der Waals surface area contributed by atoms with Crippen molar-refractivity contribution in [3.63, 3.8) is 0 Å². The van der Waals surface area contributed by atoms with Crippen LogP contribution in [0.3, 0.4) is 0 Å². The van der Waals surface area contributed by atoms with Crippen LogP contribution in [0.15, 0.2) is 21.3 Å². The van der Waals surface area contributed by atoms with Gasteiger partial charge in [0.25, 0.3) is 0 Å². The number of piperidine rings is 1. The minimum Gasteiger partial charge on any atom is -0.438 e. The van der Waals surface area contributed by atoms with Crippen molar-refractivity contribution in [2.24, 2.45) is 5.41 Å². The van der Waals surface area contributed by atoms with Gasteiger partial charge in [0.15, 0.2) is 16.9 Å². The summed E-state index contributed by atoms with van der Waals surface area (Å²) < 4.78 is 21.5. The van der Waals surface area contributed by atoms with Gasteiger partial charge in [0.1, 0.15) is 5.69 Å². The van der Waals surface area contributed by atoms with Crippen LogP contribution in [0.2, 0.25) is 0 Å². The van der Waals surface area contributed by atoms with E-state index in [1.54, 1.807) is 12.1 Å². The summed E-state index contributed by atoms with van der Waals surface area (Å²) in [5.74, 6) is 0.592. The van der Waals surface area contributed by atoms with Gasteiger partial charge < -0.3 is 9.32 Å². The van der Waals surface area contributed by atoms with Crippen molar-refractivity contribution in [2.45, 2.75) is 72.1 Å². The van der Waals surface area contributed by atoms with Crippen molar-refractivity contribution < 1.29 is 8.63 Å².